The molecular formula is C13H24N4S. The van der Waals surface area contributed by atoms with Gasteiger partial charge in [-0.3, -0.25) is 0 Å². The van der Waals surface area contributed by atoms with Gasteiger partial charge in [-0.15, -0.1) is 0 Å². The van der Waals surface area contributed by atoms with Gasteiger partial charge in [-0.2, -0.15) is 11.8 Å². The van der Waals surface area contributed by atoms with Crippen LogP contribution in [-0.2, 0) is 6.54 Å². The van der Waals surface area contributed by atoms with Gasteiger partial charge in [0.2, 0.25) is 5.95 Å². The first-order chi connectivity index (χ1) is 8.60. The van der Waals surface area contributed by atoms with Crippen LogP contribution in [0.25, 0.3) is 0 Å². The third kappa shape index (κ3) is 4.14. The Labute approximate surface area is 115 Å². The van der Waals surface area contributed by atoms with Crippen LogP contribution in [0, 0.1) is 6.92 Å². The molecule has 0 spiro atoms. The van der Waals surface area contributed by atoms with E-state index in [1.54, 1.807) is 0 Å². The summed E-state index contributed by atoms with van der Waals surface area (Å²) in [7, 11) is 2.06. The van der Waals surface area contributed by atoms with Gasteiger partial charge in [0.05, 0.1) is 0 Å². The van der Waals surface area contributed by atoms with Crippen molar-refractivity contribution in [3.05, 3.63) is 17.5 Å². The molecule has 1 rings (SSSR count). The lowest BCUT2D eigenvalue weighted by molar-refractivity contribution is 0.704. The first-order valence-electron chi connectivity index (χ1n) is 6.35. The van der Waals surface area contributed by atoms with Crippen LogP contribution in [0.1, 0.15) is 25.1 Å². The van der Waals surface area contributed by atoms with E-state index in [0.29, 0.717) is 6.04 Å². The van der Waals surface area contributed by atoms with Crippen LogP contribution in [0.3, 0.4) is 0 Å². The topological polar surface area (TPSA) is 41.1 Å². The first kappa shape index (κ1) is 15.2. The fraction of sp³-hybridized carbons (Fsp3) is 0.692. The van der Waals surface area contributed by atoms with Crippen LogP contribution in [0.15, 0.2) is 6.20 Å². The van der Waals surface area contributed by atoms with E-state index in [9.17, 15) is 0 Å². The Hall–Kier alpha value is -0.810. The van der Waals surface area contributed by atoms with Gasteiger partial charge >= 0.3 is 0 Å². The molecular weight excluding hydrogens is 244 g/mol. The van der Waals surface area contributed by atoms with E-state index >= 15 is 0 Å². The minimum atomic E-state index is 0.444. The molecule has 18 heavy (non-hydrogen) atoms. The average molecular weight is 268 g/mol. The van der Waals surface area contributed by atoms with Gasteiger partial charge < -0.3 is 10.2 Å². The fourth-order valence-electron chi connectivity index (χ4n) is 1.63. The molecule has 0 aliphatic heterocycles. The molecule has 1 atom stereocenters. The number of nitrogens with one attached hydrogen (secondary N) is 1. The summed E-state index contributed by atoms with van der Waals surface area (Å²) in [4.78, 5) is 11.2. The predicted molar refractivity (Wildman–Crippen MR) is 80.4 cm³/mol. The van der Waals surface area contributed by atoms with Crippen molar-refractivity contribution in [2.75, 3.05) is 30.5 Å². The van der Waals surface area contributed by atoms with Crippen molar-refractivity contribution in [3.8, 4) is 0 Å². The molecule has 0 bridgehead atoms. The highest BCUT2D eigenvalue weighted by molar-refractivity contribution is 7.98. The molecule has 0 radical (unpaired) electrons. The summed E-state index contributed by atoms with van der Waals surface area (Å²) in [6.45, 7) is 8.15. The molecule has 102 valence electrons. The number of rotatable bonds is 7. The van der Waals surface area contributed by atoms with Gasteiger partial charge in [-0.25, -0.2) is 9.97 Å². The smallest absolute Gasteiger partial charge is 0.225 e. The quantitative estimate of drug-likeness (QED) is 0.820. The van der Waals surface area contributed by atoms with Gasteiger partial charge in [0, 0.05) is 42.8 Å². The van der Waals surface area contributed by atoms with E-state index in [4.69, 9.17) is 0 Å². The average Bonchev–Trinajstić information content (AvgIpc) is 2.36. The molecule has 1 N–H and O–H groups in total. The van der Waals surface area contributed by atoms with Crippen LogP contribution in [-0.4, -0.2) is 41.6 Å². The second kappa shape index (κ2) is 7.59. The lowest BCUT2D eigenvalue weighted by atomic mass is 10.2. The molecule has 0 aromatic carbocycles. The van der Waals surface area contributed by atoms with E-state index in [1.165, 1.54) is 5.56 Å². The maximum atomic E-state index is 4.59. The number of hydrogen-bond donors (Lipinski definition) is 1. The highest BCUT2D eigenvalue weighted by Gasteiger charge is 2.13. The fourth-order valence-corrected chi connectivity index (χ4v) is 2.34. The normalized spacial score (nSPS) is 12.5. The minimum absolute atomic E-state index is 0.444. The Morgan fingerprint density at radius 2 is 2.22 bits per heavy atom. The standard InChI is InChI=1S/C13H24N4S/c1-6-14-7-12-8-15-13(16-11(12)3)17(4)10(2)9-18-5/h8,10,14H,6-7,9H2,1-5H3. The summed E-state index contributed by atoms with van der Waals surface area (Å²) in [5.41, 5.74) is 2.23. The molecule has 1 aromatic rings. The summed E-state index contributed by atoms with van der Waals surface area (Å²) in [5.74, 6) is 1.90. The van der Waals surface area contributed by atoms with Crippen molar-refractivity contribution in [1.29, 1.82) is 0 Å². The zero-order chi connectivity index (χ0) is 13.5. The van der Waals surface area contributed by atoms with Gasteiger partial charge in [-0.1, -0.05) is 6.92 Å². The number of hydrogen-bond acceptors (Lipinski definition) is 5. The van der Waals surface area contributed by atoms with Crippen LogP contribution < -0.4 is 10.2 Å². The van der Waals surface area contributed by atoms with E-state index in [0.717, 1.165) is 30.5 Å². The SMILES string of the molecule is CCNCc1cnc(N(C)C(C)CSC)nc1C. The van der Waals surface area contributed by atoms with Crippen molar-refractivity contribution < 1.29 is 0 Å². The third-order valence-electron chi connectivity index (χ3n) is 3.02. The van der Waals surface area contributed by atoms with Gasteiger partial charge in [0.1, 0.15) is 0 Å². The Kier molecular flexibility index (Phi) is 6.43. The molecule has 0 fully saturated rings. The minimum Gasteiger partial charge on any atom is -0.340 e. The second-order valence-electron chi connectivity index (χ2n) is 4.48. The monoisotopic (exact) mass is 268 g/mol. The number of thioether (sulfide) groups is 1. The maximum absolute atomic E-state index is 4.59. The zero-order valence-corrected chi connectivity index (χ0v) is 12.8. The Morgan fingerprint density at radius 3 is 2.78 bits per heavy atom. The van der Waals surface area contributed by atoms with E-state index in [-0.39, 0.29) is 0 Å². The van der Waals surface area contributed by atoms with Crippen molar-refractivity contribution in [2.45, 2.75) is 33.4 Å². The molecule has 4 nitrogen and oxygen atoms in total. The predicted octanol–water partition coefficient (Wildman–Crippen LogP) is 2.08. The molecule has 0 saturated heterocycles. The summed E-state index contributed by atoms with van der Waals surface area (Å²) in [6, 6.07) is 0.444. The maximum Gasteiger partial charge on any atom is 0.225 e. The number of aryl methyl sites for hydroxylation is 1. The van der Waals surface area contributed by atoms with Crippen LogP contribution in [0.2, 0.25) is 0 Å². The van der Waals surface area contributed by atoms with Crippen molar-refractivity contribution in [1.82, 2.24) is 15.3 Å². The Balaban J connectivity index is 2.76. The molecule has 0 aliphatic carbocycles. The molecule has 0 saturated carbocycles. The summed E-state index contributed by atoms with van der Waals surface area (Å²) in [6.07, 6.45) is 4.05. The second-order valence-corrected chi connectivity index (χ2v) is 5.39. The highest BCUT2D eigenvalue weighted by atomic mass is 32.2. The van der Waals surface area contributed by atoms with Crippen LogP contribution >= 0.6 is 11.8 Å². The largest absolute Gasteiger partial charge is 0.340 e. The molecule has 1 aromatic heterocycles. The summed E-state index contributed by atoms with van der Waals surface area (Å²) < 4.78 is 0. The first-order valence-corrected chi connectivity index (χ1v) is 7.74. The van der Waals surface area contributed by atoms with Crippen LogP contribution in [0.4, 0.5) is 5.95 Å². The third-order valence-corrected chi connectivity index (χ3v) is 3.83. The number of nitrogens with zero attached hydrogens (tertiary/aromatic N) is 3. The molecule has 0 amide bonds. The molecule has 1 heterocycles. The zero-order valence-electron chi connectivity index (χ0n) is 12.0. The van der Waals surface area contributed by atoms with E-state index < -0.39 is 0 Å². The van der Waals surface area contributed by atoms with Crippen molar-refractivity contribution in [2.24, 2.45) is 0 Å². The summed E-state index contributed by atoms with van der Waals surface area (Å²) >= 11 is 1.84. The molecule has 5 heteroatoms. The van der Waals surface area contributed by atoms with Gasteiger partial charge in [0.15, 0.2) is 0 Å². The van der Waals surface area contributed by atoms with E-state index in [1.807, 2.05) is 24.9 Å². The summed E-state index contributed by atoms with van der Waals surface area (Å²) in [5, 5.41) is 3.30. The lowest BCUT2D eigenvalue weighted by Crippen LogP contribution is -2.32. The molecule has 0 aliphatic rings. The van der Waals surface area contributed by atoms with Crippen molar-refractivity contribution in [3.63, 3.8) is 0 Å². The Morgan fingerprint density at radius 1 is 1.50 bits per heavy atom. The lowest BCUT2D eigenvalue weighted by Gasteiger charge is -2.24. The van der Waals surface area contributed by atoms with Crippen LogP contribution in [0.5, 0.6) is 0 Å². The number of anilines is 1. The van der Waals surface area contributed by atoms with E-state index in [2.05, 4.69) is 47.3 Å². The Bertz CT molecular complexity index is 370. The van der Waals surface area contributed by atoms with Crippen molar-refractivity contribution >= 4 is 17.7 Å². The molecule has 1 unspecified atom stereocenters. The highest BCUT2D eigenvalue weighted by Crippen LogP contribution is 2.14. The van der Waals surface area contributed by atoms with Gasteiger partial charge in [0.25, 0.3) is 0 Å². The number of aromatic nitrogens is 2. The van der Waals surface area contributed by atoms with Gasteiger partial charge in [-0.05, 0) is 26.6 Å².